The molecular weight excluding hydrogens is 378 g/mol. The number of nitrogens with zero attached hydrogens (tertiary/aromatic N) is 2. The summed E-state index contributed by atoms with van der Waals surface area (Å²) in [5.74, 6) is -0.282. The minimum atomic E-state index is -0.282. The Morgan fingerprint density at radius 2 is 1.93 bits per heavy atom. The summed E-state index contributed by atoms with van der Waals surface area (Å²) in [6, 6.07) is 18.6. The highest BCUT2D eigenvalue weighted by Crippen LogP contribution is 2.26. The minimum absolute atomic E-state index is 0.282. The maximum atomic E-state index is 12.8. The number of benzene rings is 2. The number of amides is 1. The van der Waals surface area contributed by atoms with Crippen LogP contribution in [0.2, 0.25) is 5.02 Å². The Bertz CT molecular complexity index is 1120. The average Bonchev–Trinajstić information content (AvgIpc) is 3.21. The molecule has 132 valence electrons. The number of fused-ring (bicyclic) bond motifs is 1. The van der Waals surface area contributed by atoms with Gasteiger partial charge in [0.25, 0.3) is 5.91 Å². The van der Waals surface area contributed by atoms with Crippen LogP contribution in [0.1, 0.15) is 15.9 Å². The van der Waals surface area contributed by atoms with Gasteiger partial charge in [0.2, 0.25) is 0 Å². The summed E-state index contributed by atoms with van der Waals surface area (Å²) < 4.78 is 0. The Kier molecular flexibility index (Phi) is 4.96. The van der Waals surface area contributed by atoms with Gasteiger partial charge in [-0.3, -0.25) is 4.79 Å². The van der Waals surface area contributed by atoms with Gasteiger partial charge in [-0.05, 0) is 41.1 Å². The second-order valence-corrected chi connectivity index (χ2v) is 7.05. The van der Waals surface area contributed by atoms with Crippen LogP contribution in [0.3, 0.4) is 0 Å². The minimum Gasteiger partial charge on any atom is -0.267 e. The van der Waals surface area contributed by atoms with Crippen molar-refractivity contribution >= 4 is 46.0 Å². The molecule has 6 heteroatoms. The topological polar surface area (TPSA) is 54.4 Å². The first kappa shape index (κ1) is 17.4. The Hall–Kier alpha value is -3.02. The SMILES string of the molecule is O=C(NN=Cc1ccsc1)c1cc(-c2ccc(Cl)cc2)nc2ccccc12. The molecule has 0 atom stereocenters. The van der Waals surface area contributed by atoms with E-state index in [1.54, 1.807) is 35.8 Å². The normalized spacial score (nSPS) is 11.1. The fraction of sp³-hybridized carbons (Fsp3) is 0. The molecule has 0 saturated heterocycles. The third-order valence-corrected chi connectivity index (χ3v) is 4.98. The largest absolute Gasteiger partial charge is 0.272 e. The van der Waals surface area contributed by atoms with Gasteiger partial charge in [-0.1, -0.05) is 41.9 Å². The molecule has 1 amide bonds. The van der Waals surface area contributed by atoms with Crippen LogP contribution >= 0.6 is 22.9 Å². The molecule has 1 N–H and O–H groups in total. The van der Waals surface area contributed by atoms with Crippen molar-refractivity contribution in [1.29, 1.82) is 0 Å². The van der Waals surface area contributed by atoms with E-state index in [1.165, 1.54) is 0 Å². The number of hydrazone groups is 1. The van der Waals surface area contributed by atoms with E-state index in [9.17, 15) is 4.79 Å². The van der Waals surface area contributed by atoms with Gasteiger partial charge < -0.3 is 0 Å². The fourth-order valence-corrected chi connectivity index (χ4v) is 3.44. The van der Waals surface area contributed by atoms with E-state index in [4.69, 9.17) is 11.6 Å². The van der Waals surface area contributed by atoms with Gasteiger partial charge in [0, 0.05) is 21.5 Å². The zero-order chi connectivity index (χ0) is 18.6. The smallest absolute Gasteiger partial charge is 0.267 e. The van der Waals surface area contributed by atoms with Crippen LogP contribution in [0.4, 0.5) is 0 Å². The number of aromatic nitrogens is 1. The summed E-state index contributed by atoms with van der Waals surface area (Å²) in [4.78, 5) is 17.4. The number of hydrogen-bond donors (Lipinski definition) is 1. The number of carbonyl (C=O) groups is 1. The number of rotatable bonds is 4. The van der Waals surface area contributed by atoms with E-state index in [-0.39, 0.29) is 5.91 Å². The second kappa shape index (κ2) is 7.70. The first-order valence-corrected chi connectivity index (χ1v) is 9.54. The van der Waals surface area contributed by atoms with E-state index in [0.717, 1.165) is 22.0 Å². The molecule has 0 bridgehead atoms. The van der Waals surface area contributed by atoms with Crippen LogP contribution < -0.4 is 5.43 Å². The summed E-state index contributed by atoms with van der Waals surface area (Å²) in [5.41, 5.74) is 6.41. The van der Waals surface area contributed by atoms with E-state index in [1.807, 2.05) is 53.2 Å². The predicted molar refractivity (Wildman–Crippen MR) is 112 cm³/mol. The maximum absolute atomic E-state index is 12.8. The number of thiophene rings is 1. The summed E-state index contributed by atoms with van der Waals surface area (Å²) in [6.07, 6.45) is 1.62. The zero-order valence-electron chi connectivity index (χ0n) is 14.1. The van der Waals surface area contributed by atoms with Gasteiger partial charge in [-0.25, -0.2) is 10.4 Å². The lowest BCUT2D eigenvalue weighted by Gasteiger charge is -2.09. The van der Waals surface area contributed by atoms with Crippen LogP contribution in [0, 0.1) is 0 Å². The van der Waals surface area contributed by atoms with Crippen molar-refractivity contribution < 1.29 is 4.79 Å². The van der Waals surface area contributed by atoms with Gasteiger partial charge >= 0.3 is 0 Å². The molecule has 27 heavy (non-hydrogen) atoms. The fourth-order valence-electron chi connectivity index (χ4n) is 2.71. The highest BCUT2D eigenvalue weighted by atomic mass is 35.5. The third-order valence-electron chi connectivity index (χ3n) is 4.02. The van der Waals surface area contributed by atoms with Gasteiger partial charge in [-0.2, -0.15) is 16.4 Å². The van der Waals surface area contributed by atoms with E-state index in [0.29, 0.717) is 16.3 Å². The summed E-state index contributed by atoms with van der Waals surface area (Å²) in [5, 5.41) is 9.40. The second-order valence-electron chi connectivity index (χ2n) is 5.83. The molecular formula is C21H14ClN3OS. The average molecular weight is 392 g/mol. The van der Waals surface area contributed by atoms with Crippen molar-refractivity contribution in [3.63, 3.8) is 0 Å². The molecule has 4 rings (SSSR count). The lowest BCUT2D eigenvalue weighted by molar-refractivity contribution is 0.0957. The molecule has 2 aromatic heterocycles. The molecule has 0 radical (unpaired) electrons. The number of nitrogens with one attached hydrogen (secondary N) is 1. The Balaban J connectivity index is 1.71. The molecule has 2 heterocycles. The van der Waals surface area contributed by atoms with Crippen molar-refractivity contribution in [2.75, 3.05) is 0 Å². The number of halogens is 1. The van der Waals surface area contributed by atoms with Crippen molar-refractivity contribution in [3.8, 4) is 11.3 Å². The molecule has 0 spiro atoms. The van der Waals surface area contributed by atoms with E-state index >= 15 is 0 Å². The predicted octanol–water partition coefficient (Wildman–Crippen LogP) is 5.38. The lowest BCUT2D eigenvalue weighted by atomic mass is 10.0. The number of para-hydroxylation sites is 1. The monoisotopic (exact) mass is 391 g/mol. The number of carbonyl (C=O) groups excluding carboxylic acids is 1. The van der Waals surface area contributed by atoms with Crippen molar-refractivity contribution in [2.45, 2.75) is 0 Å². The van der Waals surface area contributed by atoms with E-state index in [2.05, 4.69) is 15.5 Å². The van der Waals surface area contributed by atoms with Gasteiger partial charge in [0.05, 0.1) is 23.0 Å². The molecule has 0 fully saturated rings. The Labute approximate surface area is 165 Å². The Morgan fingerprint density at radius 3 is 2.70 bits per heavy atom. The quantitative estimate of drug-likeness (QED) is 0.375. The molecule has 0 saturated carbocycles. The molecule has 4 nitrogen and oxygen atoms in total. The van der Waals surface area contributed by atoms with Crippen LogP contribution in [-0.2, 0) is 0 Å². The van der Waals surface area contributed by atoms with Crippen LogP contribution in [0.5, 0.6) is 0 Å². The molecule has 0 unspecified atom stereocenters. The first-order chi connectivity index (χ1) is 13.2. The number of pyridine rings is 1. The highest BCUT2D eigenvalue weighted by molar-refractivity contribution is 7.08. The van der Waals surface area contributed by atoms with Crippen LogP contribution in [0.25, 0.3) is 22.2 Å². The van der Waals surface area contributed by atoms with Crippen LogP contribution in [-0.4, -0.2) is 17.1 Å². The van der Waals surface area contributed by atoms with Gasteiger partial charge in [-0.15, -0.1) is 0 Å². The first-order valence-electron chi connectivity index (χ1n) is 8.22. The van der Waals surface area contributed by atoms with Crippen molar-refractivity contribution in [3.05, 3.63) is 87.6 Å². The maximum Gasteiger partial charge on any atom is 0.272 e. The summed E-state index contributed by atoms with van der Waals surface area (Å²) in [7, 11) is 0. The highest BCUT2D eigenvalue weighted by Gasteiger charge is 2.13. The van der Waals surface area contributed by atoms with E-state index < -0.39 is 0 Å². The molecule has 2 aromatic carbocycles. The van der Waals surface area contributed by atoms with Gasteiger partial charge in [0.15, 0.2) is 0 Å². The lowest BCUT2D eigenvalue weighted by Crippen LogP contribution is -2.18. The molecule has 0 aliphatic heterocycles. The molecule has 4 aromatic rings. The zero-order valence-corrected chi connectivity index (χ0v) is 15.7. The summed E-state index contributed by atoms with van der Waals surface area (Å²) in [6.45, 7) is 0. The standard InChI is InChI=1S/C21H14ClN3OS/c22-16-7-5-15(6-8-16)20-11-18(17-3-1-2-4-19(17)24-20)21(26)25-23-12-14-9-10-27-13-14/h1-13H,(H,25,26). The number of hydrogen-bond acceptors (Lipinski definition) is 4. The summed E-state index contributed by atoms with van der Waals surface area (Å²) >= 11 is 7.55. The van der Waals surface area contributed by atoms with Gasteiger partial charge in [0.1, 0.15) is 0 Å². The van der Waals surface area contributed by atoms with Crippen molar-refractivity contribution in [2.24, 2.45) is 5.10 Å². The Morgan fingerprint density at radius 1 is 1.11 bits per heavy atom. The van der Waals surface area contributed by atoms with Crippen molar-refractivity contribution in [1.82, 2.24) is 10.4 Å². The van der Waals surface area contributed by atoms with Crippen LogP contribution in [0.15, 0.2) is 76.5 Å². The third kappa shape index (κ3) is 3.89. The molecule has 0 aliphatic rings. The molecule has 0 aliphatic carbocycles.